The summed E-state index contributed by atoms with van der Waals surface area (Å²) in [6.45, 7) is 4.75. The predicted molar refractivity (Wildman–Crippen MR) is 115 cm³/mol. The molecule has 0 aromatic heterocycles. The third kappa shape index (κ3) is 4.54. The lowest BCUT2D eigenvalue weighted by molar-refractivity contribution is -0.274. The summed E-state index contributed by atoms with van der Waals surface area (Å²) in [5.74, 6) is -0.652. The minimum absolute atomic E-state index is 0.263. The van der Waals surface area contributed by atoms with Gasteiger partial charge < -0.3 is 19.3 Å². The highest BCUT2D eigenvalue weighted by Crippen LogP contribution is 2.37. The van der Waals surface area contributed by atoms with Crippen molar-refractivity contribution in [1.82, 2.24) is 0 Å². The number of carbonyl (C=O) groups excluding carboxylic acids is 1. The zero-order chi connectivity index (χ0) is 22.2. The van der Waals surface area contributed by atoms with Gasteiger partial charge in [-0.15, -0.1) is 25.8 Å². The van der Waals surface area contributed by atoms with Gasteiger partial charge in [-0.1, -0.05) is 6.07 Å². The molecule has 0 saturated carbocycles. The number of halogens is 3. The molecule has 166 valence electrons. The van der Waals surface area contributed by atoms with E-state index >= 15 is 0 Å². The summed E-state index contributed by atoms with van der Waals surface area (Å²) in [7, 11) is 0. The number of thiol groups is 1. The number of hydrogen-bond acceptors (Lipinski definition) is 6. The molecule has 0 aliphatic carbocycles. The van der Waals surface area contributed by atoms with Crippen LogP contribution in [0.3, 0.4) is 0 Å². The SMILES string of the molecule is CC1C(=O)N(c2cccc(OC(F)(F)F)c2)C(S)N1c1ccc(N2CCOCC2)cc1. The van der Waals surface area contributed by atoms with Crippen LogP contribution < -0.4 is 19.4 Å². The van der Waals surface area contributed by atoms with Crippen molar-refractivity contribution >= 4 is 35.6 Å². The standard InChI is InChI=1S/C21H22F3N3O3S/c1-14-19(28)27(17-3-2-4-18(13-17)30-21(22,23)24)20(31)26(14)16-7-5-15(6-8-16)25-9-11-29-12-10-25/h2-8,13-14,20,31H,9-12H2,1H3. The molecule has 2 aliphatic rings. The van der Waals surface area contributed by atoms with E-state index in [0.717, 1.165) is 24.5 Å². The second-order valence-corrected chi connectivity index (χ2v) is 7.76. The fraction of sp³-hybridized carbons (Fsp3) is 0.381. The van der Waals surface area contributed by atoms with Crippen LogP contribution in [0.2, 0.25) is 0 Å². The van der Waals surface area contributed by atoms with Crippen molar-refractivity contribution in [2.75, 3.05) is 41.0 Å². The Morgan fingerprint density at radius 3 is 2.32 bits per heavy atom. The molecule has 2 fully saturated rings. The van der Waals surface area contributed by atoms with Gasteiger partial charge in [0.2, 0.25) is 0 Å². The first-order chi connectivity index (χ1) is 14.7. The van der Waals surface area contributed by atoms with Crippen LogP contribution in [0.5, 0.6) is 5.75 Å². The molecule has 31 heavy (non-hydrogen) atoms. The largest absolute Gasteiger partial charge is 0.573 e. The molecule has 2 unspecified atom stereocenters. The number of nitrogens with zero attached hydrogens (tertiary/aromatic N) is 3. The molecular weight excluding hydrogens is 431 g/mol. The van der Waals surface area contributed by atoms with Crippen LogP contribution in [-0.4, -0.2) is 50.1 Å². The second-order valence-electron chi connectivity index (χ2n) is 7.30. The highest BCUT2D eigenvalue weighted by molar-refractivity contribution is 7.81. The van der Waals surface area contributed by atoms with Gasteiger partial charge in [-0.3, -0.25) is 9.69 Å². The normalized spacial score (nSPS) is 22.2. The molecule has 2 heterocycles. The van der Waals surface area contributed by atoms with Crippen molar-refractivity contribution in [2.24, 2.45) is 0 Å². The summed E-state index contributed by atoms with van der Waals surface area (Å²) in [5.41, 5.74) is 1.46. The summed E-state index contributed by atoms with van der Waals surface area (Å²) >= 11 is 4.61. The number of carbonyl (C=O) groups is 1. The van der Waals surface area contributed by atoms with E-state index in [9.17, 15) is 18.0 Å². The Bertz CT molecular complexity index is 935. The predicted octanol–water partition coefficient (Wildman–Crippen LogP) is 3.88. The van der Waals surface area contributed by atoms with Gasteiger partial charge in [0.25, 0.3) is 5.91 Å². The Hall–Kier alpha value is -2.59. The first-order valence-electron chi connectivity index (χ1n) is 9.83. The van der Waals surface area contributed by atoms with Gasteiger partial charge in [-0.25, -0.2) is 0 Å². The van der Waals surface area contributed by atoms with Gasteiger partial charge in [0.05, 0.1) is 18.9 Å². The molecule has 0 bridgehead atoms. The Balaban J connectivity index is 1.56. The van der Waals surface area contributed by atoms with Crippen molar-refractivity contribution in [3.05, 3.63) is 48.5 Å². The maximum absolute atomic E-state index is 13.0. The van der Waals surface area contributed by atoms with E-state index in [1.807, 2.05) is 29.2 Å². The smallest absolute Gasteiger partial charge is 0.406 e. The molecule has 0 radical (unpaired) electrons. The molecular formula is C21H22F3N3O3S. The van der Waals surface area contributed by atoms with Crippen molar-refractivity contribution in [2.45, 2.75) is 24.8 Å². The average molecular weight is 453 g/mol. The van der Waals surface area contributed by atoms with Crippen molar-refractivity contribution in [1.29, 1.82) is 0 Å². The van der Waals surface area contributed by atoms with E-state index in [1.54, 1.807) is 13.0 Å². The number of anilines is 3. The number of amides is 1. The second kappa shape index (κ2) is 8.51. The fourth-order valence-electron chi connectivity index (χ4n) is 3.86. The molecule has 2 saturated heterocycles. The van der Waals surface area contributed by atoms with Crippen LogP contribution in [0, 0.1) is 0 Å². The number of alkyl halides is 3. The summed E-state index contributed by atoms with van der Waals surface area (Å²) < 4.78 is 47.1. The number of ether oxygens (including phenoxy) is 2. The number of hydrogen-bond donors (Lipinski definition) is 1. The van der Waals surface area contributed by atoms with E-state index in [-0.39, 0.29) is 17.3 Å². The lowest BCUT2D eigenvalue weighted by Gasteiger charge is -2.31. The monoisotopic (exact) mass is 453 g/mol. The van der Waals surface area contributed by atoms with E-state index in [0.29, 0.717) is 13.2 Å². The zero-order valence-corrected chi connectivity index (χ0v) is 17.6. The van der Waals surface area contributed by atoms with E-state index < -0.39 is 17.9 Å². The minimum atomic E-state index is -4.81. The van der Waals surface area contributed by atoms with Crippen LogP contribution in [0.15, 0.2) is 48.5 Å². The maximum Gasteiger partial charge on any atom is 0.573 e. The highest BCUT2D eigenvalue weighted by Gasteiger charge is 2.43. The topological polar surface area (TPSA) is 45.2 Å². The summed E-state index contributed by atoms with van der Waals surface area (Å²) in [6, 6.07) is 12.6. The third-order valence-corrected chi connectivity index (χ3v) is 5.83. The van der Waals surface area contributed by atoms with Crippen molar-refractivity contribution in [3.63, 3.8) is 0 Å². The Labute approximate surface area is 183 Å². The lowest BCUT2D eigenvalue weighted by atomic mass is 10.2. The van der Waals surface area contributed by atoms with Crippen LogP contribution in [0.1, 0.15) is 6.92 Å². The van der Waals surface area contributed by atoms with Crippen molar-refractivity contribution < 1.29 is 27.4 Å². The molecule has 2 aromatic rings. The molecule has 6 nitrogen and oxygen atoms in total. The molecule has 1 amide bonds. The van der Waals surface area contributed by atoms with Crippen LogP contribution >= 0.6 is 12.6 Å². The minimum Gasteiger partial charge on any atom is -0.406 e. The van der Waals surface area contributed by atoms with E-state index in [1.165, 1.54) is 23.1 Å². The summed E-state index contributed by atoms with van der Waals surface area (Å²) in [4.78, 5) is 18.4. The summed E-state index contributed by atoms with van der Waals surface area (Å²) in [6.07, 6.45) is -4.81. The molecule has 2 aromatic carbocycles. The van der Waals surface area contributed by atoms with Crippen molar-refractivity contribution in [3.8, 4) is 5.75 Å². The van der Waals surface area contributed by atoms with E-state index in [2.05, 4.69) is 22.3 Å². The Morgan fingerprint density at radius 2 is 1.68 bits per heavy atom. The number of morpholine rings is 1. The average Bonchev–Trinajstić information content (AvgIpc) is 2.96. The fourth-order valence-corrected chi connectivity index (χ4v) is 4.44. The quantitative estimate of drug-likeness (QED) is 0.712. The molecule has 0 N–H and O–H groups in total. The zero-order valence-electron chi connectivity index (χ0n) is 16.7. The van der Waals surface area contributed by atoms with Gasteiger partial charge in [0.1, 0.15) is 11.8 Å². The highest BCUT2D eigenvalue weighted by atomic mass is 32.1. The first-order valence-corrected chi connectivity index (χ1v) is 10.3. The van der Waals surface area contributed by atoms with Gasteiger partial charge in [-0.05, 0) is 43.3 Å². The maximum atomic E-state index is 13.0. The van der Waals surface area contributed by atoms with Gasteiger partial charge in [-0.2, -0.15) is 0 Å². The first kappa shape index (κ1) is 21.6. The summed E-state index contributed by atoms with van der Waals surface area (Å²) in [5, 5.41) is 0. The van der Waals surface area contributed by atoms with Crippen LogP contribution in [0.4, 0.5) is 30.2 Å². The lowest BCUT2D eigenvalue weighted by Crippen LogP contribution is -2.37. The molecule has 10 heteroatoms. The third-order valence-electron chi connectivity index (χ3n) is 5.35. The van der Waals surface area contributed by atoms with Crippen LogP contribution in [-0.2, 0) is 9.53 Å². The number of rotatable bonds is 4. The molecule has 4 rings (SSSR count). The van der Waals surface area contributed by atoms with E-state index in [4.69, 9.17) is 4.74 Å². The van der Waals surface area contributed by atoms with Gasteiger partial charge >= 0.3 is 6.36 Å². The van der Waals surface area contributed by atoms with Crippen LogP contribution in [0.25, 0.3) is 0 Å². The Morgan fingerprint density at radius 1 is 1.03 bits per heavy atom. The molecule has 2 aliphatic heterocycles. The molecule has 0 spiro atoms. The Kier molecular flexibility index (Phi) is 5.94. The molecule has 2 atom stereocenters. The number of benzene rings is 2. The van der Waals surface area contributed by atoms with Gasteiger partial charge in [0.15, 0.2) is 5.50 Å². The van der Waals surface area contributed by atoms with Gasteiger partial charge in [0, 0.05) is 30.5 Å².